The lowest BCUT2D eigenvalue weighted by Crippen LogP contribution is -2.45. The summed E-state index contributed by atoms with van der Waals surface area (Å²) in [6, 6.07) is 12.5. The molecule has 2 aromatic rings. The van der Waals surface area contributed by atoms with Gasteiger partial charge in [0.2, 0.25) is 5.91 Å². The molecule has 0 bridgehead atoms. The Bertz CT molecular complexity index is 759. The molecule has 0 fully saturated rings. The van der Waals surface area contributed by atoms with E-state index in [0.29, 0.717) is 12.3 Å². The minimum Gasteiger partial charge on any atom is -0.497 e. The van der Waals surface area contributed by atoms with Gasteiger partial charge in [-0.05, 0) is 30.7 Å². The summed E-state index contributed by atoms with van der Waals surface area (Å²) in [5, 5.41) is 3.55. The van der Waals surface area contributed by atoms with Gasteiger partial charge in [0.15, 0.2) is 0 Å². The van der Waals surface area contributed by atoms with Crippen molar-refractivity contribution >= 4 is 17.5 Å². The summed E-state index contributed by atoms with van der Waals surface area (Å²) >= 11 is 0. The predicted octanol–water partition coefficient (Wildman–Crippen LogP) is 1.22. The summed E-state index contributed by atoms with van der Waals surface area (Å²) in [5.74, 6) is 5.29. The molecule has 0 saturated carbocycles. The molecule has 0 spiro atoms. The van der Waals surface area contributed by atoms with Crippen molar-refractivity contribution in [3.63, 3.8) is 0 Å². The predicted molar refractivity (Wildman–Crippen MR) is 95.7 cm³/mol. The Morgan fingerprint density at radius 3 is 2.48 bits per heavy atom. The molecule has 0 saturated heterocycles. The number of aryl methyl sites for hydroxylation is 1. The lowest BCUT2D eigenvalue weighted by molar-refractivity contribution is -0.122. The minimum absolute atomic E-state index is 0.188. The first-order valence-corrected chi connectivity index (χ1v) is 7.73. The highest BCUT2D eigenvalue weighted by molar-refractivity contribution is 6.00. The number of anilines is 1. The number of ether oxygens (including phenoxy) is 1. The number of amides is 2. The second kappa shape index (κ2) is 8.16. The standard InChI is InChI=1S/C18H22N4O3/c1-12-3-5-13(6-4-12)10-21-17(23)11-22(20)18(24)15-9-14(25-2)7-8-16(15)19/h3-9H,10-11,19-20H2,1-2H3,(H,21,23). The second-order valence-corrected chi connectivity index (χ2v) is 5.65. The first kappa shape index (κ1) is 18.3. The van der Waals surface area contributed by atoms with E-state index in [-0.39, 0.29) is 23.7 Å². The Morgan fingerprint density at radius 2 is 1.84 bits per heavy atom. The van der Waals surface area contributed by atoms with Gasteiger partial charge in [-0.1, -0.05) is 29.8 Å². The van der Waals surface area contributed by atoms with E-state index in [9.17, 15) is 9.59 Å². The fourth-order valence-corrected chi connectivity index (χ4v) is 2.19. The zero-order valence-electron chi connectivity index (χ0n) is 14.3. The molecular weight excluding hydrogens is 320 g/mol. The molecule has 0 aromatic heterocycles. The van der Waals surface area contributed by atoms with Crippen LogP contribution in [0.15, 0.2) is 42.5 Å². The molecule has 7 nitrogen and oxygen atoms in total. The van der Waals surface area contributed by atoms with Gasteiger partial charge in [0, 0.05) is 12.2 Å². The van der Waals surface area contributed by atoms with Crippen LogP contribution >= 0.6 is 0 Å². The topological polar surface area (TPSA) is 111 Å². The number of nitrogens with zero attached hydrogens (tertiary/aromatic N) is 1. The quantitative estimate of drug-likeness (QED) is 0.316. The van der Waals surface area contributed by atoms with E-state index in [1.807, 2.05) is 31.2 Å². The van der Waals surface area contributed by atoms with Crippen LogP contribution < -0.4 is 21.6 Å². The van der Waals surface area contributed by atoms with Crippen molar-refractivity contribution in [1.82, 2.24) is 10.3 Å². The number of nitrogens with one attached hydrogen (secondary N) is 1. The number of carbonyl (C=O) groups is 2. The van der Waals surface area contributed by atoms with E-state index in [2.05, 4.69) is 5.32 Å². The monoisotopic (exact) mass is 342 g/mol. The number of nitrogens with two attached hydrogens (primary N) is 2. The molecule has 2 rings (SSSR count). The molecule has 0 radical (unpaired) electrons. The normalized spacial score (nSPS) is 10.2. The molecule has 0 atom stereocenters. The third-order valence-corrected chi connectivity index (χ3v) is 3.68. The fraction of sp³-hybridized carbons (Fsp3) is 0.222. The number of hydrogen-bond acceptors (Lipinski definition) is 5. The smallest absolute Gasteiger partial charge is 0.270 e. The fourth-order valence-electron chi connectivity index (χ4n) is 2.19. The number of hydrazine groups is 1. The van der Waals surface area contributed by atoms with E-state index < -0.39 is 5.91 Å². The van der Waals surface area contributed by atoms with E-state index in [1.165, 1.54) is 13.2 Å². The van der Waals surface area contributed by atoms with E-state index in [0.717, 1.165) is 16.1 Å². The summed E-state index contributed by atoms with van der Waals surface area (Å²) in [6.07, 6.45) is 0. The zero-order valence-corrected chi connectivity index (χ0v) is 14.3. The van der Waals surface area contributed by atoms with Gasteiger partial charge in [0.25, 0.3) is 5.91 Å². The molecule has 2 aromatic carbocycles. The molecule has 0 aliphatic rings. The Balaban J connectivity index is 1.94. The molecule has 5 N–H and O–H groups in total. The number of methoxy groups -OCH3 is 1. The number of hydrogen-bond donors (Lipinski definition) is 3. The lowest BCUT2D eigenvalue weighted by atomic mass is 10.1. The van der Waals surface area contributed by atoms with Crippen LogP contribution in [0.3, 0.4) is 0 Å². The minimum atomic E-state index is -0.554. The van der Waals surface area contributed by atoms with E-state index in [1.54, 1.807) is 12.1 Å². The van der Waals surface area contributed by atoms with Crippen LogP contribution in [0.5, 0.6) is 5.75 Å². The summed E-state index contributed by atoms with van der Waals surface area (Å²) in [6.45, 7) is 2.08. The average Bonchev–Trinajstić information content (AvgIpc) is 2.61. The van der Waals surface area contributed by atoms with Crippen molar-refractivity contribution in [3.8, 4) is 5.75 Å². The first-order valence-electron chi connectivity index (χ1n) is 7.73. The molecule has 0 heterocycles. The van der Waals surface area contributed by atoms with Crippen LogP contribution in [0.4, 0.5) is 5.69 Å². The van der Waals surface area contributed by atoms with Crippen LogP contribution in [0.1, 0.15) is 21.5 Å². The number of benzene rings is 2. The van der Waals surface area contributed by atoms with Crippen molar-refractivity contribution in [2.45, 2.75) is 13.5 Å². The first-order chi connectivity index (χ1) is 11.9. The van der Waals surface area contributed by atoms with Crippen molar-refractivity contribution in [1.29, 1.82) is 0 Å². The van der Waals surface area contributed by atoms with Gasteiger partial charge < -0.3 is 15.8 Å². The largest absolute Gasteiger partial charge is 0.497 e. The van der Waals surface area contributed by atoms with Gasteiger partial charge in [0.1, 0.15) is 12.3 Å². The highest BCUT2D eigenvalue weighted by Crippen LogP contribution is 2.20. The summed E-state index contributed by atoms with van der Waals surface area (Å²) in [4.78, 5) is 24.4. The summed E-state index contributed by atoms with van der Waals surface area (Å²) in [7, 11) is 1.48. The molecule has 25 heavy (non-hydrogen) atoms. The van der Waals surface area contributed by atoms with Gasteiger partial charge in [-0.2, -0.15) is 0 Å². The second-order valence-electron chi connectivity index (χ2n) is 5.65. The van der Waals surface area contributed by atoms with Gasteiger partial charge >= 0.3 is 0 Å². The number of carbonyl (C=O) groups excluding carboxylic acids is 2. The lowest BCUT2D eigenvalue weighted by Gasteiger charge is -2.18. The third-order valence-electron chi connectivity index (χ3n) is 3.68. The molecule has 0 unspecified atom stereocenters. The Morgan fingerprint density at radius 1 is 1.16 bits per heavy atom. The SMILES string of the molecule is COc1ccc(N)c(C(=O)N(N)CC(=O)NCc2ccc(C)cc2)c1. The van der Waals surface area contributed by atoms with Crippen molar-refractivity contribution in [2.24, 2.45) is 5.84 Å². The van der Waals surface area contributed by atoms with Crippen LogP contribution in [0, 0.1) is 6.92 Å². The summed E-state index contributed by atoms with van der Waals surface area (Å²) < 4.78 is 5.07. The highest BCUT2D eigenvalue weighted by Gasteiger charge is 2.18. The molecule has 0 aliphatic heterocycles. The maximum atomic E-state index is 12.4. The van der Waals surface area contributed by atoms with Gasteiger partial charge in [-0.25, -0.2) is 5.84 Å². The third kappa shape index (κ3) is 4.95. The Labute approximate surface area is 146 Å². The van der Waals surface area contributed by atoms with Crippen molar-refractivity contribution < 1.29 is 14.3 Å². The molecule has 7 heteroatoms. The summed E-state index contributed by atoms with van der Waals surface area (Å²) in [5.41, 5.74) is 8.36. The highest BCUT2D eigenvalue weighted by atomic mass is 16.5. The molecule has 132 valence electrons. The van der Waals surface area contributed by atoms with Crippen LogP contribution in [0.2, 0.25) is 0 Å². The maximum absolute atomic E-state index is 12.4. The van der Waals surface area contributed by atoms with Crippen molar-refractivity contribution in [3.05, 3.63) is 59.2 Å². The Hall–Kier alpha value is -3.06. The van der Waals surface area contributed by atoms with E-state index >= 15 is 0 Å². The Kier molecular flexibility index (Phi) is 5.97. The van der Waals surface area contributed by atoms with Gasteiger partial charge in [0.05, 0.1) is 12.7 Å². The van der Waals surface area contributed by atoms with E-state index in [4.69, 9.17) is 16.3 Å². The van der Waals surface area contributed by atoms with Crippen LogP contribution in [0.25, 0.3) is 0 Å². The van der Waals surface area contributed by atoms with Crippen LogP contribution in [-0.2, 0) is 11.3 Å². The van der Waals surface area contributed by atoms with Gasteiger partial charge in [-0.3, -0.25) is 14.6 Å². The average molecular weight is 342 g/mol. The van der Waals surface area contributed by atoms with Crippen molar-refractivity contribution in [2.75, 3.05) is 19.4 Å². The molecular formula is C18H22N4O3. The van der Waals surface area contributed by atoms with Crippen LogP contribution in [-0.4, -0.2) is 30.5 Å². The zero-order chi connectivity index (χ0) is 18.4. The molecule has 0 aliphatic carbocycles. The maximum Gasteiger partial charge on any atom is 0.270 e. The molecule has 2 amide bonds. The number of rotatable bonds is 6. The number of nitrogen functional groups attached to an aromatic ring is 1. The van der Waals surface area contributed by atoms with Gasteiger partial charge in [-0.15, -0.1) is 0 Å².